The van der Waals surface area contributed by atoms with Gasteiger partial charge in [-0.2, -0.15) is 0 Å². The van der Waals surface area contributed by atoms with Crippen LogP contribution in [0.3, 0.4) is 0 Å². The number of imidazole rings is 1. The summed E-state index contributed by atoms with van der Waals surface area (Å²) < 4.78 is 12.8. The number of hydrogen-bond acceptors (Lipinski definition) is 6. The maximum absolute atomic E-state index is 5.45. The number of thiophene rings is 1. The van der Waals surface area contributed by atoms with Crippen LogP contribution in [-0.2, 0) is 6.54 Å². The molecule has 1 N–H and O–H groups in total. The van der Waals surface area contributed by atoms with Crippen molar-refractivity contribution in [2.75, 3.05) is 12.1 Å². The minimum atomic E-state index is 0.287. The first kappa shape index (κ1) is 14.3. The van der Waals surface area contributed by atoms with Gasteiger partial charge in [-0.3, -0.25) is 9.38 Å². The van der Waals surface area contributed by atoms with Crippen molar-refractivity contribution < 1.29 is 9.47 Å². The van der Waals surface area contributed by atoms with Crippen LogP contribution in [0.1, 0.15) is 5.56 Å². The standard InChI is InChI=1S/C18H14N4O2S/c1-2-15(25-7-1)17-18(22-6-5-19-10-16(22)21-17)20-9-12-3-4-13-14(8-12)24-11-23-13/h1-8,10,20H,9,11H2. The average molecular weight is 350 g/mol. The lowest BCUT2D eigenvalue weighted by atomic mass is 10.2. The zero-order valence-electron chi connectivity index (χ0n) is 13.2. The fraction of sp³-hybridized carbons (Fsp3) is 0.111. The third-order valence-corrected chi connectivity index (χ3v) is 4.96. The number of rotatable bonds is 4. The lowest BCUT2D eigenvalue weighted by Gasteiger charge is -2.09. The Morgan fingerprint density at radius 1 is 1.20 bits per heavy atom. The molecule has 0 atom stereocenters. The molecule has 124 valence electrons. The van der Waals surface area contributed by atoms with E-state index in [2.05, 4.69) is 21.7 Å². The Morgan fingerprint density at radius 2 is 2.16 bits per heavy atom. The number of aromatic nitrogens is 3. The van der Waals surface area contributed by atoms with E-state index in [0.29, 0.717) is 6.54 Å². The Bertz CT molecular complexity index is 1040. The summed E-state index contributed by atoms with van der Waals surface area (Å²) in [4.78, 5) is 10.0. The Kier molecular flexibility index (Phi) is 3.31. The molecule has 0 saturated heterocycles. The molecule has 1 aliphatic heterocycles. The van der Waals surface area contributed by atoms with Gasteiger partial charge in [-0.1, -0.05) is 12.1 Å². The summed E-state index contributed by atoms with van der Waals surface area (Å²) in [5.74, 6) is 2.54. The molecule has 0 amide bonds. The number of nitrogens with one attached hydrogen (secondary N) is 1. The second-order valence-electron chi connectivity index (χ2n) is 5.63. The van der Waals surface area contributed by atoms with Crippen molar-refractivity contribution >= 4 is 22.8 Å². The van der Waals surface area contributed by atoms with E-state index in [1.165, 1.54) is 0 Å². The Hall–Kier alpha value is -3.06. The molecule has 0 radical (unpaired) electrons. The van der Waals surface area contributed by atoms with Gasteiger partial charge in [-0.05, 0) is 29.1 Å². The maximum atomic E-state index is 5.45. The van der Waals surface area contributed by atoms with Crippen molar-refractivity contribution in [1.29, 1.82) is 0 Å². The van der Waals surface area contributed by atoms with Gasteiger partial charge >= 0.3 is 0 Å². The van der Waals surface area contributed by atoms with Crippen LogP contribution in [0.2, 0.25) is 0 Å². The minimum Gasteiger partial charge on any atom is -0.454 e. The summed E-state index contributed by atoms with van der Waals surface area (Å²) in [6.45, 7) is 0.945. The quantitative estimate of drug-likeness (QED) is 0.607. The van der Waals surface area contributed by atoms with Crippen molar-refractivity contribution in [3.8, 4) is 22.1 Å². The molecule has 0 unspecified atom stereocenters. The summed E-state index contributed by atoms with van der Waals surface area (Å²) in [6.07, 6.45) is 5.45. The van der Waals surface area contributed by atoms with Gasteiger partial charge in [0.25, 0.3) is 0 Å². The van der Waals surface area contributed by atoms with Crippen LogP contribution < -0.4 is 14.8 Å². The van der Waals surface area contributed by atoms with Gasteiger partial charge in [-0.25, -0.2) is 4.98 Å². The van der Waals surface area contributed by atoms with Crippen molar-refractivity contribution in [2.24, 2.45) is 0 Å². The predicted molar refractivity (Wildman–Crippen MR) is 96.2 cm³/mol. The van der Waals surface area contributed by atoms with E-state index in [4.69, 9.17) is 14.5 Å². The molecule has 0 fully saturated rings. The van der Waals surface area contributed by atoms with Crippen molar-refractivity contribution in [2.45, 2.75) is 6.54 Å². The molecule has 3 aromatic heterocycles. The largest absolute Gasteiger partial charge is 0.454 e. The van der Waals surface area contributed by atoms with E-state index < -0.39 is 0 Å². The number of hydrogen-bond donors (Lipinski definition) is 1. The fourth-order valence-electron chi connectivity index (χ4n) is 2.90. The molecule has 0 spiro atoms. The summed E-state index contributed by atoms with van der Waals surface area (Å²) in [6, 6.07) is 10.1. The van der Waals surface area contributed by atoms with Crippen molar-refractivity contribution in [3.05, 3.63) is 59.9 Å². The zero-order valence-corrected chi connectivity index (χ0v) is 14.0. The number of fused-ring (bicyclic) bond motifs is 2. The minimum absolute atomic E-state index is 0.287. The van der Waals surface area contributed by atoms with Gasteiger partial charge in [0.05, 0.1) is 11.1 Å². The van der Waals surface area contributed by atoms with Crippen LogP contribution in [0.4, 0.5) is 5.82 Å². The van der Waals surface area contributed by atoms with Gasteiger partial charge < -0.3 is 14.8 Å². The number of ether oxygens (including phenoxy) is 2. The first-order valence-electron chi connectivity index (χ1n) is 7.87. The Balaban J connectivity index is 1.50. The van der Waals surface area contributed by atoms with Crippen LogP contribution in [0.15, 0.2) is 54.3 Å². The first-order chi connectivity index (χ1) is 12.4. The molecule has 1 aliphatic rings. The second-order valence-corrected chi connectivity index (χ2v) is 6.58. The van der Waals surface area contributed by atoms with Gasteiger partial charge in [0, 0.05) is 18.9 Å². The molecule has 0 aliphatic carbocycles. The zero-order chi connectivity index (χ0) is 16.6. The number of anilines is 1. The molecule has 4 aromatic rings. The van der Waals surface area contributed by atoms with Crippen LogP contribution >= 0.6 is 11.3 Å². The summed E-state index contributed by atoms with van der Waals surface area (Å²) in [5.41, 5.74) is 2.87. The molecule has 1 aromatic carbocycles. The Labute approximate surface area is 147 Å². The number of benzene rings is 1. The topological polar surface area (TPSA) is 60.7 Å². The van der Waals surface area contributed by atoms with Crippen LogP contribution in [0.25, 0.3) is 16.2 Å². The van der Waals surface area contributed by atoms with Crippen LogP contribution in [-0.4, -0.2) is 21.2 Å². The molecule has 0 saturated carbocycles. The normalized spacial score (nSPS) is 12.6. The third-order valence-electron chi connectivity index (χ3n) is 4.08. The van der Waals surface area contributed by atoms with Crippen molar-refractivity contribution in [1.82, 2.24) is 14.4 Å². The van der Waals surface area contributed by atoms with E-state index in [1.54, 1.807) is 23.7 Å². The van der Waals surface area contributed by atoms with E-state index in [1.807, 2.05) is 34.9 Å². The average Bonchev–Trinajstić information content (AvgIpc) is 3.38. The molecular weight excluding hydrogens is 336 g/mol. The highest BCUT2D eigenvalue weighted by molar-refractivity contribution is 7.13. The molecular formula is C18H14N4O2S. The fourth-order valence-corrected chi connectivity index (χ4v) is 3.61. The van der Waals surface area contributed by atoms with Gasteiger partial charge in [-0.15, -0.1) is 11.3 Å². The van der Waals surface area contributed by atoms with Crippen LogP contribution in [0, 0.1) is 0 Å². The highest BCUT2D eigenvalue weighted by Gasteiger charge is 2.16. The second kappa shape index (κ2) is 5.78. The molecule has 4 heterocycles. The number of nitrogens with zero attached hydrogens (tertiary/aromatic N) is 3. The Morgan fingerprint density at radius 3 is 3.08 bits per heavy atom. The SMILES string of the molecule is c1csc(-c2nc3cnccn3c2NCc2ccc3c(c2)OCO3)c1. The third kappa shape index (κ3) is 2.49. The molecule has 25 heavy (non-hydrogen) atoms. The van der Waals surface area contributed by atoms with Gasteiger partial charge in [0.2, 0.25) is 6.79 Å². The molecule has 7 heteroatoms. The predicted octanol–water partition coefficient (Wildman–Crippen LogP) is 3.80. The lowest BCUT2D eigenvalue weighted by molar-refractivity contribution is 0.174. The van der Waals surface area contributed by atoms with E-state index in [0.717, 1.165) is 39.1 Å². The molecule has 6 nitrogen and oxygen atoms in total. The van der Waals surface area contributed by atoms with Crippen molar-refractivity contribution in [3.63, 3.8) is 0 Å². The highest BCUT2D eigenvalue weighted by Crippen LogP contribution is 2.34. The molecule has 5 rings (SSSR count). The lowest BCUT2D eigenvalue weighted by Crippen LogP contribution is -2.03. The van der Waals surface area contributed by atoms with Gasteiger partial charge in [0.1, 0.15) is 11.5 Å². The smallest absolute Gasteiger partial charge is 0.231 e. The van der Waals surface area contributed by atoms with E-state index >= 15 is 0 Å². The maximum Gasteiger partial charge on any atom is 0.231 e. The summed E-state index contributed by atoms with van der Waals surface area (Å²) in [5, 5.41) is 5.57. The molecule has 0 bridgehead atoms. The first-order valence-corrected chi connectivity index (χ1v) is 8.75. The van der Waals surface area contributed by atoms with Gasteiger partial charge in [0.15, 0.2) is 17.1 Å². The summed E-state index contributed by atoms with van der Waals surface area (Å²) >= 11 is 1.67. The van der Waals surface area contributed by atoms with E-state index in [9.17, 15) is 0 Å². The van der Waals surface area contributed by atoms with Crippen LogP contribution in [0.5, 0.6) is 11.5 Å². The monoisotopic (exact) mass is 350 g/mol. The highest BCUT2D eigenvalue weighted by atomic mass is 32.1. The summed E-state index contributed by atoms with van der Waals surface area (Å²) in [7, 11) is 0. The van der Waals surface area contributed by atoms with E-state index in [-0.39, 0.29) is 6.79 Å².